The Hall–Kier alpha value is -1.22. The molecule has 0 radical (unpaired) electrons. The Kier molecular flexibility index (Phi) is 7.21. The zero-order chi connectivity index (χ0) is 15.4. The zero-order valence-electron chi connectivity index (χ0n) is 13.2. The fraction of sp³-hybridized carbons (Fsp3) is 0.429. The molecule has 0 spiro atoms. The van der Waals surface area contributed by atoms with Gasteiger partial charge in [-0.2, -0.15) is 5.10 Å². The Morgan fingerprint density at radius 1 is 1.41 bits per heavy atom. The van der Waals surface area contributed by atoms with Crippen molar-refractivity contribution in [3.05, 3.63) is 40.9 Å². The Morgan fingerprint density at radius 2 is 2.14 bits per heavy atom. The number of aliphatic imine (C=N–C) groups is 1. The van der Waals surface area contributed by atoms with Crippen LogP contribution in [0.3, 0.4) is 0 Å². The molecule has 122 valence electrons. The summed E-state index contributed by atoms with van der Waals surface area (Å²) in [6.45, 7) is 1.43. The van der Waals surface area contributed by atoms with Crippen molar-refractivity contribution in [1.29, 1.82) is 0 Å². The van der Waals surface area contributed by atoms with Crippen LogP contribution in [0.15, 0.2) is 29.6 Å². The van der Waals surface area contributed by atoms with E-state index in [9.17, 15) is 0 Å². The summed E-state index contributed by atoms with van der Waals surface area (Å²) < 4.78 is 3.81. The van der Waals surface area contributed by atoms with Crippen LogP contribution < -0.4 is 5.32 Å². The van der Waals surface area contributed by atoms with Crippen molar-refractivity contribution in [3.8, 4) is 0 Å². The van der Waals surface area contributed by atoms with Gasteiger partial charge in [0.05, 0.1) is 17.8 Å². The lowest BCUT2D eigenvalue weighted by Crippen LogP contribution is -2.38. The summed E-state index contributed by atoms with van der Waals surface area (Å²) >= 11 is 6.01. The molecule has 0 aliphatic carbocycles. The molecule has 0 atom stereocenters. The third-order valence-corrected chi connectivity index (χ3v) is 3.46. The number of guanidine groups is 1. The average Bonchev–Trinajstić information content (AvgIpc) is 2.96. The number of nitrogens with zero attached hydrogens (tertiary/aromatic N) is 5. The molecule has 0 saturated carbocycles. The zero-order valence-corrected chi connectivity index (χ0v) is 16.3. The maximum absolute atomic E-state index is 6.01. The number of aryl methyl sites for hydroxylation is 2. The van der Waals surface area contributed by atoms with Crippen LogP contribution in [-0.4, -0.2) is 39.3 Å². The highest BCUT2D eigenvalue weighted by Gasteiger charge is 2.10. The molecule has 0 amide bonds. The van der Waals surface area contributed by atoms with E-state index in [-0.39, 0.29) is 24.0 Å². The standard InChI is InChI=1S/C14H21ClN6.HI/c1-16-14(17-6-11-7-18-21(4)8-11)20(3)10-13-5-12(15)9-19(13)2;/h5,7-9H,6,10H2,1-4H3,(H,16,17);1H. The fourth-order valence-electron chi connectivity index (χ4n) is 2.17. The van der Waals surface area contributed by atoms with Crippen LogP contribution in [0.4, 0.5) is 0 Å². The van der Waals surface area contributed by atoms with Gasteiger partial charge >= 0.3 is 0 Å². The van der Waals surface area contributed by atoms with Crippen molar-refractivity contribution in [3.63, 3.8) is 0 Å². The van der Waals surface area contributed by atoms with Crippen LogP contribution in [0, 0.1) is 0 Å². The van der Waals surface area contributed by atoms with Crippen LogP contribution in [0.1, 0.15) is 11.3 Å². The molecule has 22 heavy (non-hydrogen) atoms. The molecule has 0 aromatic carbocycles. The van der Waals surface area contributed by atoms with Crippen molar-refractivity contribution in [2.24, 2.45) is 19.1 Å². The highest BCUT2D eigenvalue weighted by molar-refractivity contribution is 14.0. The smallest absolute Gasteiger partial charge is 0.194 e. The molecule has 2 aromatic heterocycles. The molecule has 0 saturated heterocycles. The fourth-order valence-corrected chi connectivity index (χ4v) is 2.44. The van der Waals surface area contributed by atoms with E-state index in [0.717, 1.165) is 28.8 Å². The third-order valence-electron chi connectivity index (χ3n) is 3.26. The second kappa shape index (κ2) is 8.42. The number of hydrogen-bond donors (Lipinski definition) is 1. The molecule has 0 aliphatic rings. The van der Waals surface area contributed by atoms with Gasteiger partial charge in [-0.05, 0) is 6.07 Å². The van der Waals surface area contributed by atoms with Crippen molar-refractivity contribution in [1.82, 2.24) is 24.6 Å². The quantitative estimate of drug-likeness (QED) is 0.454. The predicted molar refractivity (Wildman–Crippen MR) is 101 cm³/mol. The number of aromatic nitrogens is 3. The molecule has 6 nitrogen and oxygen atoms in total. The SMILES string of the molecule is CN=C(NCc1cnn(C)c1)N(C)Cc1cc(Cl)cn1C.I. The van der Waals surface area contributed by atoms with E-state index in [4.69, 9.17) is 11.6 Å². The minimum atomic E-state index is 0. The lowest BCUT2D eigenvalue weighted by Gasteiger charge is -2.22. The largest absolute Gasteiger partial charge is 0.352 e. The van der Waals surface area contributed by atoms with Crippen molar-refractivity contribution >= 4 is 41.5 Å². The monoisotopic (exact) mass is 436 g/mol. The Labute approximate surface area is 153 Å². The first-order valence-corrected chi connectivity index (χ1v) is 7.07. The van der Waals surface area contributed by atoms with Gasteiger partial charge in [-0.25, -0.2) is 0 Å². The molecule has 8 heteroatoms. The van der Waals surface area contributed by atoms with Crippen LogP contribution in [0.25, 0.3) is 0 Å². The molecule has 0 unspecified atom stereocenters. The Morgan fingerprint density at radius 3 is 2.64 bits per heavy atom. The van der Waals surface area contributed by atoms with Gasteiger partial charge in [0.25, 0.3) is 0 Å². The van der Waals surface area contributed by atoms with Crippen molar-refractivity contribution in [2.45, 2.75) is 13.1 Å². The summed E-state index contributed by atoms with van der Waals surface area (Å²) in [6.07, 6.45) is 5.73. The van der Waals surface area contributed by atoms with Crippen LogP contribution in [0.2, 0.25) is 5.02 Å². The molecule has 1 N–H and O–H groups in total. The molecule has 2 heterocycles. The average molecular weight is 437 g/mol. The lowest BCUT2D eigenvalue weighted by atomic mass is 10.3. The van der Waals surface area contributed by atoms with E-state index in [2.05, 4.69) is 20.3 Å². The predicted octanol–water partition coefficient (Wildman–Crippen LogP) is 2.24. The molecular formula is C14H22ClIN6. The molecular weight excluding hydrogens is 415 g/mol. The maximum Gasteiger partial charge on any atom is 0.194 e. The van der Waals surface area contributed by atoms with Crippen molar-refractivity contribution in [2.75, 3.05) is 14.1 Å². The lowest BCUT2D eigenvalue weighted by molar-refractivity contribution is 0.461. The number of halogens is 2. The van der Waals surface area contributed by atoms with Gasteiger partial charge in [0.15, 0.2) is 5.96 Å². The molecule has 2 aromatic rings. The molecule has 0 aliphatic heterocycles. The summed E-state index contributed by atoms with van der Waals surface area (Å²) in [5.74, 6) is 0.830. The molecule has 0 bridgehead atoms. The maximum atomic E-state index is 6.01. The minimum Gasteiger partial charge on any atom is -0.352 e. The third kappa shape index (κ3) is 4.91. The highest BCUT2D eigenvalue weighted by Crippen LogP contribution is 2.14. The van der Waals surface area contributed by atoms with E-state index in [1.54, 1.807) is 11.7 Å². The van der Waals surface area contributed by atoms with E-state index in [1.807, 2.05) is 50.4 Å². The van der Waals surface area contributed by atoms with Gasteiger partial charge < -0.3 is 14.8 Å². The van der Waals surface area contributed by atoms with Crippen LogP contribution in [-0.2, 0) is 27.2 Å². The summed E-state index contributed by atoms with van der Waals surface area (Å²) in [5.41, 5.74) is 2.25. The highest BCUT2D eigenvalue weighted by atomic mass is 127. The summed E-state index contributed by atoms with van der Waals surface area (Å²) in [6, 6.07) is 1.96. The van der Waals surface area contributed by atoms with Gasteiger partial charge in [-0.15, -0.1) is 24.0 Å². The van der Waals surface area contributed by atoms with Gasteiger partial charge in [0.1, 0.15) is 0 Å². The van der Waals surface area contributed by atoms with Crippen LogP contribution in [0.5, 0.6) is 0 Å². The van der Waals surface area contributed by atoms with Crippen LogP contribution >= 0.6 is 35.6 Å². The Balaban J connectivity index is 0.00000242. The number of nitrogens with one attached hydrogen (secondary N) is 1. The van der Waals surface area contributed by atoms with E-state index >= 15 is 0 Å². The van der Waals surface area contributed by atoms with Crippen molar-refractivity contribution < 1.29 is 0 Å². The van der Waals surface area contributed by atoms with E-state index < -0.39 is 0 Å². The van der Waals surface area contributed by atoms with Gasteiger partial charge in [-0.1, -0.05) is 11.6 Å². The van der Waals surface area contributed by atoms with Gasteiger partial charge in [0, 0.05) is 58.4 Å². The number of rotatable bonds is 4. The molecule has 0 fully saturated rings. The van der Waals surface area contributed by atoms with E-state index in [1.165, 1.54) is 0 Å². The summed E-state index contributed by atoms with van der Waals surface area (Å²) in [4.78, 5) is 6.36. The summed E-state index contributed by atoms with van der Waals surface area (Å²) in [7, 11) is 7.67. The second-order valence-electron chi connectivity index (χ2n) is 5.04. The first kappa shape index (κ1) is 18.8. The number of hydrogen-bond acceptors (Lipinski definition) is 2. The first-order valence-electron chi connectivity index (χ1n) is 6.69. The summed E-state index contributed by atoms with van der Waals surface area (Å²) in [5, 5.41) is 8.23. The van der Waals surface area contributed by atoms with Gasteiger partial charge in [0.2, 0.25) is 0 Å². The van der Waals surface area contributed by atoms with E-state index in [0.29, 0.717) is 6.54 Å². The topological polar surface area (TPSA) is 50.4 Å². The second-order valence-corrected chi connectivity index (χ2v) is 5.48. The molecule has 2 rings (SSSR count). The minimum absolute atomic E-state index is 0. The first-order chi connectivity index (χ1) is 9.99. The normalized spacial score (nSPS) is 11.2. The van der Waals surface area contributed by atoms with Gasteiger partial charge in [-0.3, -0.25) is 9.67 Å². The Bertz CT molecular complexity index is 633.